The molecule has 1 rings (SSSR count). The van der Waals surface area contributed by atoms with Gasteiger partial charge in [-0.1, -0.05) is 0 Å². The second-order valence-electron chi connectivity index (χ2n) is 5.33. The number of methoxy groups -OCH3 is 1. The molecular formula is C14H19N3O4. The maximum atomic E-state index is 11.5. The molecule has 0 spiro atoms. The SMILES string of the molecule is COc1cc(C=NNC(=O)C(=O)NC(C)(C)C)ccc1O. The molecule has 0 radical (unpaired) electrons. The van der Waals surface area contributed by atoms with E-state index < -0.39 is 17.4 Å². The number of carbonyl (C=O) groups is 2. The predicted octanol–water partition coefficient (Wildman–Crippen LogP) is 0.766. The van der Waals surface area contributed by atoms with Gasteiger partial charge in [-0.15, -0.1) is 0 Å². The van der Waals surface area contributed by atoms with Crippen molar-refractivity contribution in [2.45, 2.75) is 26.3 Å². The molecule has 0 aliphatic carbocycles. The van der Waals surface area contributed by atoms with E-state index in [2.05, 4.69) is 15.8 Å². The molecule has 0 saturated carbocycles. The summed E-state index contributed by atoms with van der Waals surface area (Å²) in [5.41, 5.74) is 2.22. The van der Waals surface area contributed by atoms with E-state index in [4.69, 9.17) is 4.74 Å². The number of hydrazone groups is 1. The second kappa shape index (κ2) is 6.74. The van der Waals surface area contributed by atoms with Crippen LogP contribution in [0.5, 0.6) is 11.5 Å². The number of nitrogens with zero attached hydrogens (tertiary/aromatic N) is 1. The third-order valence-corrected chi connectivity index (χ3v) is 2.28. The monoisotopic (exact) mass is 293 g/mol. The van der Waals surface area contributed by atoms with E-state index in [1.165, 1.54) is 19.4 Å². The highest BCUT2D eigenvalue weighted by molar-refractivity contribution is 6.35. The summed E-state index contributed by atoms with van der Waals surface area (Å²) in [7, 11) is 1.43. The van der Waals surface area contributed by atoms with E-state index >= 15 is 0 Å². The van der Waals surface area contributed by atoms with Gasteiger partial charge in [-0.05, 0) is 44.5 Å². The molecule has 0 aliphatic rings. The molecule has 0 fully saturated rings. The van der Waals surface area contributed by atoms with Gasteiger partial charge in [-0.3, -0.25) is 9.59 Å². The van der Waals surface area contributed by atoms with Gasteiger partial charge in [0, 0.05) is 5.54 Å². The maximum Gasteiger partial charge on any atom is 0.329 e. The van der Waals surface area contributed by atoms with Crippen molar-refractivity contribution < 1.29 is 19.4 Å². The van der Waals surface area contributed by atoms with Crippen molar-refractivity contribution in [3.05, 3.63) is 23.8 Å². The fourth-order valence-electron chi connectivity index (χ4n) is 1.39. The van der Waals surface area contributed by atoms with Crippen LogP contribution < -0.4 is 15.5 Å². The highest BCUT2D eigenvalue weighted by Gasteiger charge is 2.19. The van der Waals surface area contributed by atoms with E-state index in [0.717, 1.165) is 0 Å². The predicted molar refractivity (Wildman–Crippen MR) is 78.3 cm³/mol. The van der Waals surface area contributed by atoms with Gasteiger partial charge in [0.2, 0.25) is 0 Å². The molecular weight excluding hydrogens is 274 g/mol. The minimum absolute atomic E-state index is 0.00300. The molecule has 7 nitrogen and oxygen atoms in total. The van der Waals surface area contributed by atoms with Gasteiger partial charge in [0.25, 0.3) is 0 Å². The number of aromatic hydroxyl groups is 1. The fourth-order valence-corrected chi connectivity index (χ4v) is 1.39. The lowest BCUT2D eigenvalue weighted by atomic mass is 10.1. The van der Waals surface area contributed by atoms with Crippen LogP contribution in [0.2, 0.25) is 0 Å². The molecule has 0 saturated heterocycles. The number of hydrogen-bond donors (Lipinski definition) is 3. The molecule has 0 atom stereocenters. The molecule has 1 aromatic carbocycles. The van der Waals surface area contributed by atoms with Gasteiger partial charge < -0.3 is 15.2 Å². The smallest absolute Gasteiger partial charge is 0.329 e. The number of amides is 2. The highest BCUT2D eigenvalue weighted by atomic mass is 16.5. The zero-order valence-electron chi connectivity index (χ0n) is 12.4. The second-order valence-corrected chi connectivity index (χ2v) is 5.33. The minimum Gasteiger partial charge on any atom is -0.504 e. The summed E-state index contributed by atoms with van der Waals surface area (Å²) < 4.78 is 4.94. The number of phenolic OH excluding ortho intramolecular Hbond substituents is 1. The summed E-state index contributed by atoms with van der Waals surface area (Å²) in [5.74, 6) is -1.33. The Morgan fingerprint density at radius 2 is 1.95 bits per heavy atom. The van der Waals surface area contributed by atoms with Crippen LogP contribution in [0.3, 0.4) is 0 Å². The van der Waals surface area contributed by atoms with Crippen molar-refractivity contribution in [1.29, 1.82) is 0 Å². The van der Waals surface area contributed by atoms with E-state index in [9.17, 15) is 14.7 Å². The van der Waals surface area contributed by atoms with Gasteiger partial charge in [0.05, 0.1) is 13.3 Å². The number of phenols is 1. The van der Waals surface area contributed by atoms with Crippen molar-refractivity contribution in [2.75, 3.05) is 7.11 Å². The average molecular weight is 293 g/mol. The fraction of sp³-hybridized carbons (Fsp3) is 0.357. The summed E-state index contributed by atoms with van der Waals surface area (Å²) in [6.45, 7) is 5.30. The molecule has 114 valence electrons. The summed E-state index contributed by atoms with van der Waals surface area (Å²) in [4.78, 5) is 23.0. The average Bonchev–Trinajstić information content (AvgIpc) is 2.38. The standard InChI is InChI=1S/C14H19N3O4/c1-14(2,3)16-12(19)13(20)17-15-8-9-5-6-10(18)11(7-9)21-4/h5-8,18H,1-4H3,(H,16,19)(H,17,20). The van der Waals surface area contributed by atoms with Crippen molar-refractivity contribution in [3.63, 3.8) is 0 Å². The van der Waals surface area contributed by atoms with Gasteiger partial charge >= 0.3 is 11.8 Å². The first kappa shape index (κ1) is 16.5. The van der Waals surface area contributed by atoms with Crippen molar-refractivity contribution in [1.82, 2.24) is 10.7 Å². The molecule has 0 bridgehead atoms. The first-order valence-electron chi connectivity index (χ1n) is 6.25. The maximum absolute atomic E-state index is 11.5. The molecule has 0 aliphatic heterocycles. The lowest BCUT2D eigenvalue weighted by molar-refractivity contribution is -0.140. The first-order chi connectivity index (χ1) is 9.73. The number of ether oxygens (including phenoxy) is 1. The van der Waals surface area contributed by atoms with E-state index in [1.807, 2.05) is 0 Å². The third-order valence-electron chi connectivity index (χ3n) is 2.28. The number of benzene rings is 1. The van der Waals surface area contributed by atoms with Crippen molar-refractivity contribution in [3.8, 4) is 11.5 Å². The van der Waals surface area contributed by atoms with Crippen LogP contribution in [0, 0.1) is 0 Å². The largest absolute Gasteiger partial charge is 0.504 e. The Hall–Kier alpha value is -2.57. The Morgan fingerprint density at radius 1 is 1.29 bits per heavy atom. The zero-order chi connectivity index (χ0) is 16.0. The summed E-state index contributed by atoms with van der Waals surface area (Å²) in [6.07, 6.45) is 1.34. The lowest BCUT2D eigenvalue weighted by Gasteiger charge is -2.19. The molecule has 21 heavy (non-hydrogen) atoms. The van der Waals surface area contributed by atoms with Crippen LogP contribution in [-0.4, -0.2) is 35.8 Å². The van der Waals surface area contributed by atoms with Gasteiger partial charge in [0.15, 0.2) is 11.5 Å². The van der Waals surface area contributed by atoms with Crippen molar-refractivity contribution >= 4 is 18.0 Å². The van der Waals surface area contributed by atoms with Crippen LogP contribution >= 0.6 is 0 Å². The summed E-state index contributed by atoms with van der Waals surface area (Å²) in [6, 6.07) is 4.57. The molecule has 0 heterocycles. The number of rotatable bonds is 3. The quantitative estimate of drug-likeness (QED) is 0.435. The zero-order valence-corrected chi connectivity index (χ0v) is 12.4. The van der Waals surface area contributed by atoms with E-state index in [0.29, 0.717) is 5.56 Å². The van der Waals surface area contributed by atoms with Gasteiger partial charge in [-0.2, -0.15) is 5.10 Å². The molecule has 2 amide bonds. The Bertz CT molecular complexity index is 562. The minimum atomic E-state index is -0.855. The van der Waals surface area contributed by atoms with Gasteiger partial charge in [0.1, 0.15) is 0 Å². The molecule has 3 N–H and O–H groups in total. The highest BCUT2D eigenvalue weighted by Crippen LogP contribution is 2.25. The number of nitrogens with one attached hydrogen (secondary N) is 2. The molecule has 7 heteroatoms. The Kier molecular flexibility index (Phi) is 5.29. The number of carbonyl (C=O) groups excluding carboxylic acids is 2. The summed E-state index contributed by atoms with van der Waals surface area (Å²) >= 11 is 0. The normalized spacial score (nSPS) is 11.2. The van der Waals surface area contributed by atoms with Crippen LogP contribution in [0.25, 0.3) is 0 Å². The molecule has 0 unspecified atom stereocenters. The van der Waals surface area contributed by atoms with E-state index in [1.54, 1.807) is 32.9 Å². The Labute approximate surface area is 123 Å². The van der Waals surface area contributed by atoms with Crippen LogP contribution in [-0.2, 0) is 9.59 Å². The topological polar surface area (TPSA) is 100 Å². The number of hydrogen-bond acceptors (Lipinski definition) is 5. The Morgan fingerprint density at radius 3 is 2.52 bits per heavy atom. The van der Waals surface area contributed by atoms with Crippen LogP contribution in [0.4, 0.5) is 0 Å². The molecule has 0 aromatic heterocycles. The molecule has 1 aromatic rings. The summed E-state index contributed by atoms with van der Waals surface area (Å²) in [5, 5.41) is 15.6. The van der Waals surface area contributed by atoms with Crippen LogP contribution in [0.1, 0.15) is 26.3 Å². The van der Waals surface area contributed by atoms with Gasteiger partial charge in [-0.25, -0.2) is 5.43 Å². The van der Waals surface area contributed by atoms with Crippen LogP contribution in [0.15, 0.2) is 23.3 Å². The Balaban J connectivity index is 2.62. The first-order valence-corrected chi connectivity index (χ1v) is 6.25. The van der Waals surface area contributed by atoms with Crippen molar-refractivity contribution in [2.24, 2.45) is 5.10 Å². The third kappa shape index (κ3) is 5.52. The lowest BCUT2D eigenvalue weighted by Crippen LogP contribution is -2.47. The van der Waals surface area contributed by atoms with E-state index in [-0.39, 0.29) is 11.5 Å².